The molecule has 27 heavy (non-hydrogen) atoms. The van der Waals surface area contributed by atoms with Crippen LogP contribution in [0, 0.1) is 0 Å². The molecule has 10 heteroatoms. The number of halogens is 2. The maximum atomic E-state index is 11.0. The van der Waals surface area contributed by atoms with Gasteiger partial charge in [-0.15, -0.1) is 24.0 Å². The first-order chi connectivity index (χ1) is 12.4. The number of aliphatic imine (C=N–C) groups is 1. The van der Waals surface area contributed by atoms with E-state index in [1.165, 1.54) is 11.9 Å². The molecule has 0 aliphatic carbocycles. The minimum absolute atomic E-state index is 0. The van der Waals surface area contributed by atoms with Crippen LogP contribution in [0.2, 0.25) is 0 Å². The predicted molar refractivity (Wildman–Crippen MR) is 125 cm³/mol. The van der Waals surface area contributed by atoms with Crippen molar-refractivity contribution >= 4 is 61.4 Å². The van der Waals surface area contributed by atoms with E-state index in [1.54, 1.807) is 7.05 Å². The van der Waals surface area contributed by atoms with Gasteiger partial charge in [0.25, 0.3) is 0 Å². The van der Waals surface area contributed by atoms with Gasteiger partial charge in [-0.1, -0.05) is 12.1 Å². The summed E-state index contributed by atoms with van der Waals surface area (Å²) in [4.78, 5) is 6.59. The molecular formula is C17H28BrIN4O3S. The molecule has 7 nitrogen and oxygen atoms in total. The summed E-state index contributed by atoms with van der Waals surface area (Å²) in [5, 5.41) is 6.63. The first-order valence-electron chi connectivity index (χ1n) is 8.61. The van der Waals surface area contributed by atoms with Crippen molar-refractivity contribution in [2.75, 3.05) is 56.8 Å². The van der Waals surface area contributed by atoms with E-state index >= 15 is 0 Å². The van der Waals surface area contributed by atoms with Gasteiger partial charge in [-0.25, -0.2) is 8.42 Å². The summed E-state index contributed by atoms with van der Waals surface area (Å²) in [5.41, 5.74) is 1.21. The Balaban J connectivity index is 0.00000364. The highest BCUT2D eigenvalue weighted by Crippen LogP contribution is 2.28. The van der Waals surface area contributed by atoms with Gasteiger partial charge < -0.3 is 20.3 Å². The van der Waals surface area contributed by atoms with E-state index in [9.17, 15) is 8.42 Å². The average Bonchev–Trinajstić information content (AvgIpc) is 3.04. The zero-order chi connectivity index (χ0) is 19.0. The number of rotatable bonds is 8. The van der Waals surface area contributed by atoms with Crippen molar-refractivity contribution < 1.29 is 13.2 Å². The average molecular weight is 575 g/mol. The van der Waals surface area contributed by atoms with Crippen molar-refractivity contribution in [1.82, 2.24) is 10.6 Å². The number of ether oxygens (including phenoxy) is 1. The quantitative estimate of drug-likeness (QED) is 0.213. The van der Waals surface area contributed by atoms with E-state index in [0.29, 0.717) is 19.2 Å². The first-order valence-corrected chi connectivity index (χ1v) is 11.5. The molecule has 1 aliphatic rings. The number of nitrogens with zero attached hydrogens (tertiary/aromatic N) is 2. The van der Waals surface area contributed by atoms with Crippen LogP contribution in [0.5, 0.6) is 0 Å². The normalized spacial score (nSPS) is 17.5. The smallest absolute Gasteiger partial charge is 0.191 e. The molecule has 2 rings (SSSR count). The summed E-state index contributed by atoms with van der Waals surface area (Å²) >= 11 is 3.61. The fourth-order valence-corrected chi connectivity index (χ4v) is 3.70. The largest absolute Gasteiger partial charge is 0.379 e. The Labute approximate surface area is 187 Å². The lowest BCUT2D eigenvalue weighted by Crippen LogP contribution is -2.45. The second-order valence-corrected chi connectivity index (χ2v) is 9.38. The summed E-state index contributed by atoms with van der Waals surface area (Å²) in [6.07, 6.45) is 2.24. The summed E-state index contributed by atoms with van der Waals surface area (Å²) < 4.78 is 28.5. The van der Waals surface area contributed by atoms with Gasteiger partial charge in [0, 0.05) is 43.5 Å². The van der Waals surface area contributed by atoms with Crippen LogP contribution >= 0.6 is 39.9 Å². The Bertz CT molecular complexity index is 718. The summed E-state index contributed by atoms with van der Waals surface area (Å²) in [6.45, 7) is 3.13. The zero-order valence-electron chi connectivity index (χ0n) is 15.7. The summed E-state index contributed by atoms with van der Waals surface area (Å²) in [7, 11) is -1.23. The lowest BCUT2D eigenvalue weighted by atomic mass is 10.3. The molecule has 1 aromatic rings. The fourth-order valence-electron chi connectivity index (χ4n) is 2.75. The van der Waals surface area contributed by atoms with Gasteiger partial charge in [-0.3, -0.25) is 4.99 Å². The molecule has 0 radical (unpaired) electrons. The molecular weight excluding hydrogens is 547 g/mol. The van der Waals surface area contributed by atoms with Gasteiger partial charge in [0.1, 0.15) is 9.84 Å². The van der Waals surface area contributed by atoms with Crippen LogP contribution in [0.1, 0.15) is 6.42 Å². The van der Waals surface area contributed by atoms with Crippen molar-refractivity contribution in [2.45, 2.75) is 12.5 Å². The topological polar surface area (TPSA) is 83.0 Å². The number of para-hydroxylation sites is 1. The number of sulfone groups is 1. The van der Waals surface area contributed by atoms with Gasteiger partial charge >= 0.3 is 0 Å². The van der Waals surface area contributed by atoms with Crippen LogP contribution in [0.3, 0.4) is 0 Å². The Morgan fingerprint density at radius 3 is 2.78 bits per heavy atom. The molecule has 1 aromatic carbocycles. The van der Waals surface area contributed by atoms with E-state index in [1.807, 2.05) is 12.1 Å². The van der Waals surface area contributed by atoms with E-state index in [4.69, 9.17) is 4.74 Å². The number of hydrogen-bond acceptors (Lipinski definition) is 5. The third-order valence-electron chi connectivity index (χ3n) is 4.08. The Morgan fingerprint density at radius 1 is 1.37 bits per heavy atom. The first kappa shape index (κ1) is 24.4. The Kier molecular flexibility index (Phi) is 10.9. The third-order valence-corrected chi connectivity index (χ3v) is 5.66. The number of hydrogen-bond donors (Lipinski definition) is 2. The van der Waals surface area contributed by atoms with Crippen LogP contribution in [0.15, 0.2) is 33.7 Å². The molecule has 1 saturated heterocycles. The number of guanidine groups is 1. The second kappa shape index (κ2) is 12.1. The highest BCUT2D eigenvalue weighted by Gasteiger charge is 2.24. The van der Waals surface area contributed by atoms with Crippen LogP contribution < -0.4 is 15.5 Å². The van der Waals surface area contributed by atoms with Gasteiger partial charge in [-0.2, -0.15) is 0 Å². The van der Waals surface area contributed by atoms with Crippen molar-refractivity contribution in [2.24, 2.45) is 4.99 Å². The van der Waals surface area contributed by atoms with Gasteiger partial charge in [0.15, 0.2) is 5.96 Å². The maximum Gasteiger partial charge on any atom is 0.191 e. The highest BCUT2D eigenvalue weighted by atomic mass is 127. The Morgan fingerprint density at radius 2 is 2.11 bits per heavy atom. The summed E-state index contributed by atoms with van der Waals surface area (Å²) in [6, 6.07) is 8.56. The van der Waals surface area contributed by atoms with Crippen molar-refractivity contribution in [3.8, 4) is 0 Å². The maximum absolute atomic E-state index is 11.0. The molecule has 0 bridgehead atoms. The van der Waals surface area contributed by atoms with Crippen molar-refractivity contribution in [3.63, 3.8) is 0 Å². The second-order valence-electron chi connectivity index (χ2n) is 6.27. The van der Waals surface area contributed by atoms with E-state index in [0.717, 1.165) is 29.9 Å². The standard InChI is InChI=1S/C17H27BrN4O3S.HI/c1-19-17(20-8-10-25-11-12-26(2,23)24)21-14-7-9-22(13-14)16-6-4-3-5-15(16)18;/h3-6,14H,7-13H2,1-2H3,(H2,19,20,21);1H. The molecule has 1 aliphatic heterocycles. The van der Waals surface area contributed by atoms with E-state index in [2.05, 4.69) is 48.6 Å². The lowest BCUT2D eigenvalue weighted by Gasteiger charge is -2.21. The minimum atomic E-state index is -2.97. The van der Waals surface area contributed by atoms with Crippen LogP contribution in [-0.2, 0) is 14.6 Å². The van der Waals surface area contributed by atoms with E-state index < -0.39 is 9.84 Å². The number of nitrogens with one attached hydrogen (secondary N) is 2. The van der Waals surface area contributed by atoms with Crippen LogP contribution in [0.25, 0.3) is 0 Å². The van der Waals surface area contributed by atoms with Gasteiger partial charge in [0.2, 0.25) is 0 Å². The van der Waals surface area contributed by atoms with Gasteiger partial charge in [-0.05, 0) is 34.5 Å². The Hall–Kier alpha value is -0.590. The predicted octanol–water partition coefficient (Wildman–Crippen LogP) is 1.87. The SMILES string of the molecule is CN=C(NCCOCCS(C)(=O)=O)NC1CCN(c2ccccc2Br)C1.I. The molecule has 2 N–H and O–H groups in total. The molecule has 1 unspecified atom stereocenters. The molecule has 1 atom stereocenters. The monoisotopic (exact) mass is 574 g/mol. The van der Waals surface area contributed by atoms with Crippen molar-refractivity contribution in [3.05, 3.63) is 28.7 Å². The molecule has 1 fully saturated rings. The molecule has 0 aromatic heterocycles. The lowest BCUT2D eigenvalue weighted by molar-refractivity contribution is 0.154. The van der Waals surface area contributed by atoms with Crippen molar-refractivity contribution in [1.29, 1.82) is 0 Å². The zero-order valence-corrected chi connectivity index (χ0v) is 20.4. The molecule has 0 spiro atoms. The van der Waals surface area contributed by atoms with Crippen LogP contribution in [-0.4, -0.2) is 72.3 Å². The van der Waals surface area contributed by atoms with E-state index in [-0.39, 0.29) is 36.3 Å². The third kappa shape index (κ3) is 8.97. The fraction of sp³-hybridized carbons (Fsp3) is 0.588. The number of anilines is 1. The van der Waals surface area contributed by atoms with Gasteiger partial charge in [0.05, 0.1) is 24.7 Å². The minimum Gasteiger partial charge on any atom is -0.379 e. The highest BCUT2D eigenvalue weighted by molar-refractivity contribution is 14.0. The van der Waals surface area contributed by atoms with Crippen LogP contribution in [0.4, 0.5) is 5.69 Å². The number of benzene rings is 1. The molecule has 0 saturated carbocycles. The summed E-state index contributed by atoms with van der Waals surface area (Å²) in [5.74, 6) is 0.781. The molecule has 154 valence electrons. The molecule has 1 heterocycles. The molecule has 0 amide bonds.